The van der Waals surface area contributed by atoms with Crippen LogP contribution >= 0.6 is 22.9 Å². The molecule has 0 radical (unpaired) electrons. The molecule has 35 heavy (non-hydrogen) atoms. The number of nitrogens with one attached hydrogen (secondary N) is 1. The van der Waals surface area contributed by atoms with Gasteiger partial charge in [-0.15, -0.1) is 0 Å². The Hall–Kier alpha value is -2.40. The van der Waals surface area contributed by atoms with Gasteiger partial charge >= 0.3 is 0 Å². The van der Waals surface area contributed by atoms with Crippen LogP contribution < -0.4 is 15.0 Å². The molecule has 1 fully saturated rings. The molecule has 1 N–H and O–H groups in total. The first-order valence-electron chi connectivity index (χ1n) is 11.4. The molecule has 3 aromatic rings. The van der Waals surface area contributed by atoms with Crippen molar-refractivity contribution in [1.29, 1.82) is 0 Å². The number of aromatic nitrogens is 1. The van der Waals surface area contributed by atoms with Crippen molar-refractivity contribution in [1.82, 2.24) is 15.2 Å². The molecule has 8 nitrogen and oxygen atoms in total. The normalized spacial score (nSPS) is 14.9. The van der Waals surface area contributed by atoms with E-state index in [2.05, 4.69) is 28.1 Å². The lowest BCUT2D eigenvalue weighted by Crippen LogP contribution is -2.48. The largest absolute Gasteiger partial charge is 0.494 e. The molecule has 0 atom stereocenters. The minimum atomic E-state index is -3.52. The Balaban J connectivity index is 1.21. The van der Waals surface area contributed by atoms with Gasteiger partial charge in [0.15, 0.2) is 15.0 Å². The predicted molar refractivity (Wildman–Crippen MR) is 141 cm³/mol. The van der Waals surface area contributed by atoms with E-state index >= 15 is 0 Å². The number of hydrogen-bond donors (Lipinski definition) is 1. The van der Waals surface area contributed by atoms with Gasteiger partial charge in [0.05, 0.1) is 22.5 Å². The number of sulfone groups is 1. The average molecular weight is 537 g/mol. The van der Waals surface area contributed by atoms with Crippen LogP contribution in [0.1, 0.15) is 12.0 Å². The molecule has 4 rings (SSSR count). The van der Waals surface area contributed by atoms with Crippen LogP contribution in [-0.4, -0.2) is 76.3 Å². The number of aryl methyl sites for hydroxylation is 1. The van der Waals surface area contributed by atoms with Gasteiger partial charge in [-0.1, -0.05) is 29.0 Å². The van der Waals surface area contributed by atoms with E-state index in [4.69, 9.17) is 21.3 Å². The van der Waals surface area contributed by atoms with Crippen LogP contribution in [0, 0.1) is 6.92 Å². The van der Waals surface area contributed by atoms with Gasteiger partial charge in [-0.3, -0.25) is 9.69 Å². The Morgan fingerprint density at radius 3 is 2.54 bits per heavy atom. The van der Waals surface area contributed by atoms with Crippen molar-refractivity contribution in [3.05, 3.63) is 47.0 Å². The smallest absolute Gasteiger partial charge is 0.221 e. The van der Waals surface area contributed by atoms with Crippen molar-refractivity contribution in [3.63, 3.8) is 0 Å². The standard InChI is InChI=1S/C24H29ClN4O4S2/c1-17-3-8-20(33-2)22-23(17)34-24(27-22)29-14-12-28(13-15-29)11-10-26-21(30)9-16-35(31,32)19-6-4-18(25)5-7-19/h3-8H,9-16H2,1-2H3,(H,26,30). The maximum atomic E-state index is 12.4. The number of fused-ring (bicyclic) bond motifs is 1. The van der Waals surface area contributed by atoms with Crippen molar-refractivity contribution in [3.8, 4) is 5.75 Å². The maximum Gasteiger partial charge on any atom is 0.221 e. The summed E-state index contributed by atoms with van der Waals surface area (Å²) in [7, 11) is -1.85. The second-order valence-electron chi connectivity index (χ2n) is 8.46. The van der Waals surface area contributed by atoms with E-state index in [1.807, 2.05) is 6.07 Å². The summed E-state index contributed by atoms with van der Waals surface area (Å²) in [5.41, 5.74) is 2.11. The number of carbonyl (C=O) groups is 1. The highest BCUT2D eigenvalue weighted by Crippen LogP contribution is 2.36. The van der Waals surface area contributed by atoms with Crippen molar-refractivity contribution >= 4 is 54.0 Å². The Morgan fingerprint density at radius 1 is 1.14 bits per heavy atom. The number of halogens is 1. The third kappa shape index (κ3) is 6.24. The molecule has 0 bridgehead atoms. The SMILES string of the molecule is COc1ccc(C)c2sc(N3CCN(CCNC(=O)CCS(=O)(=O)c4ccc(Cl)cc4)CC3)nc12. The van der Waals surface area contributed by atoms with Gasteiger partial charge < -0.3 is 15.0 Å². The zero-order valence-corrected chi connectivity index (χ0v) is 22.2. The number of nitrogens with zero attached hydrogens (tertiary/aromatic N) is 3. The zero-order chi connectivity index (χ0) is 25.0. The molecule has 0 aliphatic carbocycles. The lowest BCUT2D eigenvalue weighted by Gasteiger charge is -2.34. The highest BCUT2D eigenvalue weighted by molar-refractivity contribution is 7.91. The number of rotatable bonds is 9. The lowest BCUT2D eigenvalue weighted by molar-refractivity contribution is -0.120. The number of carbonyl (C=O) groups excluding carboxylic acids is 1. The number of anilines is 1. The summed E-state index contributed by atoms with van der Waals surface area (Å²) >= 11 is 7.50. The van der Waals surface area contributed by atoms with E-state index in [-0.39, 0.29) is 23.0 Å². The maximum absolute atomic E-state index is 12.4. The number of amides is 1. The minimum absolute atomic E-state index is 0.0702. The van der Waals surface area contributed by atoms with Crippen molar-refractivity contribution in [2.75, 3.05) is 57.0 Å². The van der Waals surface area contributed by atoms with E-state index < -0.39 is 9.84 Å². The summed E-state index contributed by atoms with van der Waals surface area (Å²) in [6.07, 6.45) is -0.0702. The average Bonchev–Trinajstić information content (AvgIpc) is 3.30. The number of hydrogen-bond acceptors (Lipinski definition) is 8. The summed E-state index contributed by atoms with van der Waals surface area (Å²) in [4.78, 5) is 21.8. The summed E-state index contributed by atoms with van der Waals surface area (Å²) in [5.74, 6) is 0.300. The quantitative estimate of drug-likeness (QED) is 0.448. The first kappa shape index (κ1) is 25.7. The molecule has 1 aliphatic rings. The Bertz CT molecular complexity index is 1290. The first-order valence-corrected chi connectivity index (χ1v) is 14.3. The molecule has 1 aliphatic heterocycles. The van der Waals surface area contributed by atoms with Crippen molar-refractivity contribution in [2.24, 2.45) is 0 Å². The second-order valence-corrected chi connectivity index (χ2v) is 12.0. The molecule has 11 heteroatoms. The van der Waals surface area contributed by atoms with Gasteiger partial charge in [-0.05, 0) is 42.8 Å². The van der Waals surface area contributed by atoms with Crippen LogP contribution in [0.25, 0.3) is 10.2 Å². The summed E-state index contributed by atoms with van der Waals surface area (Å²) in [5, 5.41) is 4.31. The zero-order valence-electron chi connectivity index (χ0n) is 19.8. The molecule has 2 heterocycles. The highest BCUT2D eigenvalue weighted by atomic mass is 35.5. The molecular formula is C24H29ClN4O4S2. The van der Waals surface area contributed by atoms with Crippen LogP contribution in [-0.2, 0) is 14.6 Å². The Morgan fingerprint density at radius 2 is 1.86 bits per heavy atom. The van der Waals surface area contributed by atoms with Gasteiger partial charge in [-0.2, -0.15) is 0 Å². The van der Waals surface area contributed by atoms with Crippen LogP contribution in [0.4, 0.5) is 5.13 Å². The van der Waals surface area contributed by atoms with Gasteiger partial charge in [0.1, 0.15) is 11.3 Å². The van der Waals surface area contributed by atoms with E-state index in [0.29, 0.717) is 11.6 Å². The minimum Gasteiger partial charge on any atom is -0.494 e. The van der Waals surface area contributed by atoms with Gasteiger partial charge in [-0.25, -0.2) is 13.4 Å². The van der Waals surface area contributed by atoms with Crippen LogP contribution in [0.3, 0.4) is 0 Å². The third-order valence-corrected chi connectivity index (χ3v) is 9.31. The van der Waals surface area contributed by atoms with Crippen molar-refractivity contribution in [2.45, 2.75) is 18.2 Å². The van der Waals surface area contributed by atoms with Gasteiger partial charge in [0, 0.05) is 50.7 Å². The fourth-order valence-electron chi connectivity index (χ4n) is 3.99. The molecule has 188 valence electrons. The number of piperazine rings is 1. The molecule has 0 saturated carbocycles. The third-order valence-electron chi connectivity index (χ3n) is 6.08. The number of thiazole rings is 1. The number of methoxy groups -OCH3 is 1. The molecule has 0 unspecified atom stereocenters. The van der Waals surface area contributed by atoms with Gasteiger partial charge in [0.2, 0.25) is 5.91 Å². The van der Waals surface area contributed by atoms with Gasteiger partial charge in [0.25, 0.3) is 0 Å². The summed E-state index contributed by atoms with van der Waals surface area (Å²) in [6, 6.07) is 10.00. The molecule has 1 aromatic heterocycles. The highest BCUT2D eigenvalue weighted by Gasteiger charge is 2.22. The van der Waals surface area contributed by atoms with Crippen molar-refractivity contribution < 1.29 is 17.9 Å². The summed E-state index contributed by atoms with van der Waals surface area (Å²) < 4.78 is 31.4. The monoisotopic (exact) mass is 536 g/mol. The molecule has 2 aromatic carbocycles. The fraction of sp³-hybridized carbons (Fsp3) is 0.417. The Kier molecular flexibility index (Phi) is 8.16. The number of ether oxygens (including phenoxy) is 1. The van der Waals surface area contributed by atoms with E-state index in [1.54, 1.807) is 18.4 Å². The molecule has 0 spiro atoms. The molecule has 1 amide bonds. The predicted octanol–water partition coefficient (Wildman–Crippen LogP) is 3.37. The first-order chi connectivity index (χ1) is 16.8. The Labute approximate surface area is 214 Å². The van der Waals surface area contributed by atoms with E-state index in [0.717, 1.165) is 53.8 Å². The van der Waals surface area contributed by atoms with Crippen LogP contribution in [0.15, 0.2) is 41.3 Å². The molecular weight excluding hydrogens is 508 g/mol. The van der Waals surface area contributed by atoms with Crippen LogP contribution in [0.2, 0.25) is 5.02 Å². The molecule has 1 saturated heterocycles. The summed E-state index contributed by atoms with van der Waals surface area (Å²) in [6.45, 7) is 6.74. The number of benzene rings is 2. The topological polar surface area (TPSA) is 91.8 Å². The lowest BCUT2D eigenvalue weighted by atomic mass is 10.2. The van der Waals surface area contributed by atoms with E-state index in [1.165, 1.54) is 29.8 Å². The van der Waals surface area contributed by atoms with E-state index in [9.17, 15) is 13.2 Å². The second kappa shape index (κ2) is 11.1. The van der Waals surface area contributed by atoms with Crippen LogP contribution in [0.5, 0.6) is 5.75 Å². The fourth-order valence-corrected chi connectivity index (χ4v) is 6.46.